The zero-order valence-electron chi connectivity index (χ0n) is 14.2. The van der Waals surface area contributed by atoms with Crippen LogP contribution in [0.2, 0.25) is 0 Å². The Morgan fingerprint density at radius 2 is 1.81 bits per heavy atom. The molecule has 0 spiro atoms. The lowest BCUT2D eigenvalue weighted by Gasteiger charge is -2.43. The lowest BCUT2D eigenvalue weighted by Crippen LogP contribution is -2.60. The van der Waals surface area contributed by atoms with E-state index in [4.69, 9.17) is 0 Å². The van der Waals surface area contributed by atoms with Gasteiger partial charge in [0.1, 0.15) is 5.69 Å². The Hall–Kier alpha value is -2.32. The summed E-state index contributed by atoms with van der Waals surface area (Å²) in [5.74, 6) is -0.0843. The molecule has 4 rings (SSSR count). The van der Waals surface area contributed by atoms with Crippen molar-refractivity contribution in [2.45, 2.75) is 18.6 Å². The predicted octanol–water partition coefficient (Wildman–Crippen LogP) is 0.600. The van der Waals surface area contributed by atoms with E-state index in [2.05, 4.69) is 14.9 Å². The van der Waals surface area contributed by atoms with Crippen molar-refractivity contribution in [2.24, 2.45) is 0 Å². The van der Waals surface area contributed by atoms with Crippen LogP contribution in [0.15, 0.2) is 48.9 Å². The van der Waals surface area contributed by atoms with Crippen LogP contribution in [0.1, 0.15) is 16.1 Å². The van der Waals surface area contributed by atoms with E-state index >= 15 is 0 Å². The molecule has 0 saturated carbocycles. The molecular weight excluding hydrogens is 352 g/mol. The SMILES string of the molecule is O=C(c1ccccn1)N1CCN(Cc2ccncc2)[C@@H]2CS(=O)(=O)C[C@@H]21. The maximum atomic E-state index is 12.9. The van der Waals surface area contributed by atoms with Gasteiger partial charge in [-0.25, -0.2) is 8.42 Å². The number of aromatic nitrogens is 2. The lowest BCUT2D eigenvalue weighted by molar-refractivity contribution is 0.0301. The Morgan fingerprint density at radius 1 is 1.04 bits per heavy atom. The van der Waals surface area contributed by atoms with E-state index < -0.39 is 9.84 Å². The third kappa shape index (κ3) is 3.34. The molecule has 7 nitrogen and oxygen atoms in total. The third-order valence-corrected chi connectivity index (χ3v) is 6.77. The van der Waals surface area contributed by atoms with Gasteiger partial charge in [-0.2, -0.15) is 0 Å². The fourth-order valence-corrected chi connectivity index (χ4v) is 5.84. The van der Waals surface area contributed by atoms with E-state index in [0.717, 1.165) is 5.56 Å². The molecule has 0 bridgehead atoms. The molecule has 26 heavy (non-hydrogen) atoms. The van der Waals surface area contributed by atoms with Crippen LogP contribution in [0, 0.1) is 0 Å². The Morgan fingerprint density at radius 3 is 2.54 bits per heavy atom. The molecule has 0 aliphatic carbocycles. The summed E-state index contributed by atoms with van der Waals surface area (Å²) in [5.41, 5.74) is 1.45. The lowest BCUT2D eigenvalue weighted by atomic mass is 10.0. The normalized spacial score (nSPS) is 25.0. The number of rotatable bonds is 3. The van der Waals surface area contributed by atoms with Gasteiger partial charge < -0.3 is 4.90 Å². The van der Waals surface area contributed by atoms with Crippen molar-refractivity contribution in [3.05, 3.63) is 60.2 Å². The van der Waals surface area contributed by atoms with Gasteiger partial charge >= 0.3 is 0 Å². The number of hydrogen-bond acceptors (Lipinski definition) is 6. The van der Waals surface area contributed by atoms with Crippen LogP contribution in [0.5, 0.6) is 0 Å². The predicted molar refractivity (Wildman–Crippen MR) is 96.2 cm³/mol. The molecular formula is C18H20N4O3S. The summed E-state index contributed by atoms with van der Waals surface area (Å²) in [4.78, 5) is 24.9. The van der Waals surface area contributed by atoms with Gasteiger partial charge in [0.15, 0.2) is 9.84 Å². The van der Waals surface area contributed by atoms with Gasteiger partial charge in [0.25, 0.3) is 5.91 Å². The fraction of sp³-hybridized carbons (Fsp3) is 0.389. The van der Waals surface area contributed by atoms with E-state index in [9.17, 15) is 13.2 Å². The minimum atomic E-state index is -3.17. The number of pyridine rings is 2. The zero-order valence-corrected chi connectivity index (χ0v) is 15.0. The summed E-state index contributed by atoms with van der Waals surface area (Å²) in [6.07, 6.45) is 5.05. The number of hydrogen-bond donors (Lipinski definition) is 0. The summed E-state index contributed by atoms with van der Waals surface area (Å²) in [5, 5.41) is 0. The third-order valence-electron chi connectivity index (χ3n) is 5.07. The quantitative estimate of drug-likeness (QED) is 0.785. The molecule has 2 fully saturated rings. The molecule has 2 aliphatic heterocycles. The average Bonchev–Trinajstić information content (AvgIpc) is 2.98. The number of carbonyl (C=O) groups is 1. The highest BCUT2D eigenvalue weighted by Gasteiger charge is 2.48. The number of nitrogens with zero attached hydrogens (tertiary/aromatic N) is 4. The smallest absolute Gasteiger partial charge is 0.272 e. The van der Waals surface area contributed by atoms with Crippen molar-refractivity contribution < 1.29 is 13.2 Å². The van der Waals surface area contributed by atoms with Crippen LogP contribution in [0.25, 0.3) is 0 Å². The zero-order chi connectivity index (χ0) is 18.1. The number of piperazine rings is 1. The molecule has 1 amide bonds. The summed E-state index contributed by atoms with van der Waals surface area (Å²) in [6, 6.07) is 8.55. The van der Waals surface area contributed by atoms with Crippen molar-refractivity contribution in [1.29, 1.82) is 0 Å². The molecule has 2 aromatic rings. The molecule has 0 N–H and O–H groups in total. The van der Waals surface area contributed by atoms with Crippen molar-refractivity contribution >= 4 is 15.7 Å². The average molecular weight is 372 g/mol. The van der Waals surface area contributed by atoms with Crippen LogP contribution < -0.4 is 0 Å². The first-order valence-corrected chi connectivity index (χ1v) is 10.4. The van der Waals surface area contributed by atoms with Gasteiger partial charge in [-0.1, -0.05) is 6.07 Å². The molecule has 136 valence electrons. The maximum Gasteiger partial charge on any atom is 0.272 e. The Balaban J connectivity index is 1.59. The minimum Gasteiger partial charge on any atom is -0.330 e. The number of amides is 1. The number of fused-ring (bicyclic) bond motifs is 1. The largest absolute Gasteiger partial charge is 0.330 e. The molecule has 0 aromatic carbocycles. The van der Waals surface area contributed by atoms with E-state index in [1.807, 2.05) is 12.1 Å². The maximum absolute atomic E-state index is 12.9. The molecule has 2 atom stereocenters. The van der Waals surface area contributed by atoms with E-state index in [-0.39, 0.29) is 29.5 Å². The Bertz CT molecular complexity index is 889. The molecule has 2 aliphatic rings. The highest BCUT2D eigenvalue weighted by molar-refractivity contribution is 7.91. The van der Waals surface area contributed by atoms with Crippen LogP contribution >= 0.6 is 0 Å². The summed E-state index contributed by atoms with van der Waals surface area (Å²) >= 11 is 0. The molecule has 0 unspecified atom stereocenters. The van der Waals surface area contributed by atoms with E-state index in [1.165, 1.54) is 0 Å². The van der Waals surface area contributed by atoms with Gasteiger partial charge in [0, 0.05) is 44.3 Å². The summed E-state index contributed by atoms with van der Waals surface area (Å²) in [7, 11) is -3.17. The highest BCUT2D eigenvalue weighted by Crippen LogP contribution is 2.29. The molecule has 8 heteroatoms. The first-order chi connectivity index (χ1) is 12.5. The Kier molecular flexibility index (Phi) is 4.46. The van der Waals surface area contributed by atoms with Crippen LogP contribution in [-0.2, 0) is 16.4 Å². The van der Waals surface area contributed by atoms with Crippen molar-refractivity contribution in [3.63, 3.8) is 0 Å². The van der Waals surface area contributed by atoms with Crippen molar-refractivity contribution in [3.8, 4) is 0 Å². The molecule has 2 saturated heterocycles. The minimum absolute atomic E-state index is 0.0169. The highest BCUT2D eigenvalue weighted by atomic mass is 32.2. The monoisotopic (exact) mass is 372 g/mol. The van der Waals surface area contributed by atoms with Crippen LogP contribution in [-0.4, -0.2) is 70.8 Å². The number of carbonyl (C=O) groups excluding carboxylic acids is 1. The topological polar surface area (TPSA) is 83.5 Å². The Labute approximate surface area is 152 Å². The number of sulfone groups is 1. The van der Waals surface area contributed by atoms with Gasteiger partial charge in [-0.15, -0.1) is 0 Å². The van der Waals surface area contributed by atoms with Gasteiger partial charge in [0.05, 0.1) is 17.5 Å². The van der Waals surface area contributed by atoms with E-state index in [1.54, 1.807) is 41.7 Å². The molecule has 2 aromatic heterocycles. The van der Waals surface area contributed by atoms with Crippen molar-refractivity contribution in [1.82, 2.24) is 19.8 Å². The molecule has 4 heterocycles. The summed E-state index contributed by atoms with van der Waals surface area (Å²) in [6.45, 7) is 1.79. The standard InChI is InChI=1S/C18H20N4O3S/c23-18(15-3-1-2-6-20-15)22-10-9-21(11-14-4-7-19-8-5-14)16-12-26(24,25)13-17(16)22/h1-8,16-17H,9-13H2/t16-,17+/m1/s1. The van der Waals surface area contributed by atoms with Crippen LogP contribution in [0.3, 0.4) is 0 Å². The second-order valence-corrected chi connectivity index (χ2v) is 8.90. The van der Waals surface area contributed by atoms with E-state index in [0.29, 0.717) is 25.3 Å². The van der Waals surface area contributed by atoms with Gasteiger partial charge in [-0.3, -0.25) is 19.7 Å². The second kappa shape index (κ2) is 6.77. The van der Waals surface area contributed by atoms with Gasteiger partial charge in [-0.05, 0) is 29.8 Å². The summed E-state index contributed by atoms with van der Waals surface area (Å²) < 4.78 is 24.6. The first kappa shape index (κ1) is 17.1. The van der Waals surface area contributed by atoms with Crippen molar-refractivity contribution in [2.75, 3.05) is 24.6 Å². The second-order valence-electron chi connectivity index (χ2n) is 6.75. The van der Waals surface area contributed by atoms with Crippen LogP contribution in [0.4, 0.5) is 0 Å². The molecule has 0 radical (unpaired) electrons. The fourth-order valence-electron chi connectivity index (χ4n) is 3.83. The van der Waals surface area contributed by atoms with Gasteiger partial charge in [0.2, 0.25) is 0 Å². The first-order valence-electron chi connectivity index (χ1n) is 8.59.